The maximum atomic E-state index is 5.46. The second-order valence-corrected chi connectivity index (χ2v) is 17.9. The zero-order chi connectivity index (χ0) is 43.0. The van der Waals surface area contributed by atoms with Crippen LogP contribution in [-0.4, -0.2) is 44.7 Å². The van der Waals surface area contributed by atoms with Gasteiger partial charge in [-0.25, -0.2) is 0 Å². The van der Waals surface area contributed by atoms with Gasteiger partial charge in [-0.2, -0.15) is 26.4 Å². The van der Waals surface area contributed by atoms with Crippen molar-refractivity contribution in [1.82, 2.24) is 0 Å². The maximum absolute atomic E-state index is 5.46. The Morgan fingerprint density at radius 2 is 0.933 bits per heavy atom. The summed E-state index contributed by atoms with van der Waals surface area (Å²) >= 11 is 0. The summed E-state index contributed by atoms with van der Waals surface area (Å²) < 4.78 is 13.2. The zero-order valence-electron chi connectivity index (χ0n) is 37.7. The van der Waals surface area contributed by atoms with Crippen LogP contribution in [0.5, 0.6) is 11.5 Å². The van der Waals surface area contributed by atoms with Crippen molar-refractivity contribution in [3.8, 4) is 11.5 Å². The number of fused-ring (bicyclic) bond motifs is 2. The van der Waals surface area contributed by atoms with Crippen molar-refractivity contribution in [3.05, 3.63) is 191 Å². The number of methoxy groups -OCH3 is 2. The van der Waals surface area contributed by atoms with Gasteiger partial charge in [-0.05, 0) is 83.5 Å². The van der Waals surface area contributed by atoms with Crippen LogP contribution in [0.4, 0.5) is 11.4 Å². The molecule has 0 saturated carbocycles. The normalized spacial score (nSPS) is 15.8. The van der Waals surface area contributed by atoms with Gasteiger partial charge in [-0.15, -0.1) is 0 Å². The van der Waals surface area contributed by atoms with E-state index < -0.39 is 6.15 Å². The van der Waals surface area contributed by atoms with Crippen molar-refractivity contribution in [1.29, 1.82) is 0 Å². The van der Waals surface area contributed by atoms with E-state index in [-0.39, 0.29) is 10.8 Å². The lowest BCUT2D eigenvalue weighted by Gasteiger charge is -2.44. The first kappa shape index (κ1) is 42.1. The van der Waals surface area contributed by atoms with E-state index >= 15 is 0 Å². The predicted molar refractivity (Wildman–Crippen MR) is 258 cm³/mol. The van der Waals surface area contributed by atoms with Gasteiger partial charge in [0.15, 0.2) is 5.71 Å². The molecule has 2 heterocycles. The quantitative estimate of drug-likeness (QED) is 0.113. The molecule has 0 unspecified atom stereocenters. The maximum Gasteiger partial charge on any atom is 0.209 e. The lowest BCUT2D eigenvalue weighted by atomic mass is 9.13. The van der Waals surface area contributed by atoms with Crippen molar-refractivity contribution in [3.63, 3.8) is 0 Å². The van der Waals surface area contributed by atoms with Crippen LogP contribution in [0.15, 0.2) is 157 Å². The first-order valence-corrected chi connectivity index (χ1v) is 21.2. The third-order valence-electron chi connectivity index (χ3n) is 13.3. The van der Waals surface area contributed by atoms with Crippen LogP contribution in [0, 0.1) is 27.7 Å². The summed E-state index contributed by atoms with van der Waals surface area (Å²) in [7, 11) is 7.72. The van der Waals surface area contributed by atoms with Gasteiger partial charge in [0.2, 0.25) is 5.69 Å². The molecule has 2 aliphatic rings. The molecule has 0 amide bonds. The third kappa shape index (κ3) is 7.51. The average molecular weight is 793 g/mol. The molecular formula is C55H61BN2O2. The number of rotatable bonds is 8. The summed E-state index contributed by atoms with van der Waals surface area (Å²) in [6.45, 7) is 17.7. The molecule has 5 heteroatoms. The molecule has 8 rings (SSSR count). The van der Waals surface area contributed by atoms with Crippen molar-refractivity contribution < 1.29 is 14.0 Å². The van der Waals surface area contributed by atoms with Crippen LogP contribution in [0.2, 0.25) is 0 Å². The smallest absolute Gasteiger partial charge is 0.209 e. The SMILES string of the molecule is COc1ccc2c(c1)C(C)(C)C(/C=C/C=C1/N(C)c3ccc(OC)cc3C1(C)C)=[N+]2C.Cc1ccc([B-](c2ccc(C)cc2)(c2ccc(C)cc2)c2ccc(C)cc2)cc1. The number of ether oxygens (including phenoxy) is 2. The monoisotopic (exact) mass is 792 g/mol. The number of hydrogen-bond donors (Lipinski definition) is 0. The number of anilines is 1. The van der Waals surface area contributed by atoms with E-state index in [2.05, 4.69) is 219 Å². The fourth-order valence-corrected chi connectivity index (χ4v) is 9.69. The number of aryl methyl sites for hydroxylation is 4. The minimum atomic E-state index is -1.27. The highest BCUT2D eigenvalue weighted by molar-refractivity contribution is 7.19. The standard InChI is InChI=1S/C28H28B.C27H33N2O2/c1-21-5-13-25(14-6-21)29(26-15-7-22(2)8-16-26,27-17-9-23(3)10-18-27)28-19-11-24(4)12-20-28;1-26(2)20-16-18(30-7)12-14-22(20)28(5)24(26)10-9-11-25-27(3,4)21-17-19(31-8)13-15-23(21)29(25)6/h5-20H,1-4H3;9-17H,1-8H3/q-1;+1. The van der Waals surface area contributed by atoms with Crippen molar-refractivity contribution in [2.45, 2.75) is 66.2 Å². The molecular weight excluding hydrogens is 731 g/mol. The van der Waals surface area contributed by atoms with Gasteiger partial charge < -0.3 is 14.4 Å². The predicted octanol–water partition coefficient (Wildman–Crippen LogP) is 9.88. The first-order chi connectivity index (χ1) is 28.6. The summed E-state index contributed by atoms with van der Waals surface area (Å²) in [6.07, 6.45) is 5.40. The number of hydrogen-bond acceptors (Lipinski definition) is 3. The van der Waals surface area contributed by atoms with Crippen LogP contribution >= 0.6 is 0 Å². The van der Waals surface area contributed by atoms with Gasteiger partial charge in [-0.1, -0.05) is 139 Å². The van der Waals surface area contributed by atoms with Crippen LogP contribution in [0.3, 0.4) is 0 Å². The largest absolute Gasteiger partial charge is 0.497 e. The fourth-order valence-electron chi connectivity index (χ4n) is 9.69. The second-order valence-electron chi connectivity index (χ2n) is 17.9. The summed E-state index contributed by atoms with van der Waals surface area (Å²) in [5, 5.41) is 0. The highest BCUT2D eigenvalue weighted by Crippen LogP contribution is 2.48. The Labute approximate surface area is 359 Å². The van der Waals surface area contributed by atoms with E-state index in [1.54, 1.807) is 14.2 Å². The summed E-state index contributed by atoms with van der Waals surface area (Å²) in [5.41, 5.74) is 18.0. The van der Waals surface area contributed by atoms with Gasteiger partial charge in [0.05, 0.1) is 19.6 Å². The highest BCUT2D eigenvalue weighted by atomic mass is 16.5. The minimum absolute atomic E-state index is 0.0962. The molecule has 306 valence electrons. The van der Waals surface area contributed by atoms with Gasteiger partial charge in [0.1, 0.15) is 24.7 Å². The Bertz CT molecular complexity index is 2410. The van der Waals surface area contributed by atoms with E-state index in [9.17, 15) is 0 Å². The molecule has 6 aromatic rings. The molecule has 0 fully saturated rings. The van der Waals surface area contributed by atoms with Crippen molar-refractivity contribution in [2.24, 2.45) is 0 Å². The molecule has 6 aromatic carbocycles. The van der Waals surface area contributed by atoms with Crippen molar-refractivity contribution >= 4 is 45.1 Å². The number of benzene rings is 6. The van der Waals surface area contributed by atoms with Crippen molar-refractivity contribution in [2.75, 3.05) is 33.2 Å². The van der Waals surface area contributed by atoms with E-state index in [1.165, 1.54) is 78.0 Å². The Morgan fingerprint density at radius 1 is 0.533 bits per heavy atom. The van der Waals surface area contributed by atoms with Gasteiger partial charge in [0, 0.05) is 41.6 Å². The number of nitrogens with zero attached hydrogens (tertiary/aromatic N) is 2. The number of allylic oxidation sites excluding steroid dienone is 4. The van der Waals surface area contributed by atoms with E-state index in [0.29, 0.717) is 0 Å². The van der Waals surface area contributed by atoms with E-state index in [0.717, 1.165) is 11.5 Å². The summed E-state index contributed by atoms with van der Waals surface area (Å²) in [5.74, 6) is 1.80. The zero-order valence-corrected chi connectivity index (χ0v) is 37.7. The Kier molecular flexibility index (Phi) is 11.6. The van der Waals surface area contributed by atoms with Crippen LogP contribution < -0.4 is 36.2 Å². The topological polar surface area (TPSA) is 24.7 Å². The molecule has 0 aliphatic carbocycles. The third-order valence-corrected chi connectivity index (χ3v) is 13.3. The molecule has 0 bridgehead atoms. The molecule has 4 nitrogen and oxygen atoms in total. The Hall–Kier alpha value is -6.07. The van der Waals surface area contributed by atoms with Gasteiger partial charge >= 0.3 is 0 Å². The molecule has 0 saturated heterocycles. The minimum Gasteiger partial charge on any atom is -0.497 e. The lowest BCUT2D eigenvalue weighted by Crippen LogP contribution is -2.74. The molecule has 60 heavy (non-hydrogen) atoms. The van der Waals surface area contributed by atoms with Crippen LogP contribution in [0.1, 0.15) is 61.1 Å². The van der Waals surface area contributed by atoms with Gasteiger partial charge in [0.25, 0.3) is 0 Å². The average Bonchev–Trinajstić information content (AvgIpc) is 3.56. The molecule has 2 aliphatic heterocycles. The Balaban J connectivity index is 0.000000182. The lowest BCUT2D eigenvalue weighted by molar-refractivity contribution is -0.401. The molecule has 0 spiro atoms. The fraction of sp³-hybridized carbons (Fsp3) is 0.255. The van der Waals surface area contributed by atoms with Crippen LogP contribution in [0.25, 0.3) is 0 Å². The van der Waals surface area contributed by atoms with Gasteiger partial charge in [-0.3, -0.25) is 0 Å². The van der Waals surface area contributed by atoms with E-state index in [4.69, 9.17) is 9.47 Å². The number of likely N-dealkylation sites (N-methyl/N-ethyl adjacent to an activating group) is 1. The highest BCUT2D eigenvalue weighted by Gasteiger charge is 2.43. The molecule has 0 N–H and O–H groups in total. The molecule has 0 radical (unpaired) electrons. The Morgan fingerprint density at radius 3 is 1.35 bits per heavy atom. The van der Waals surface area contributed by atoms with E-state index in [1.807, 2.05) is 12.1 Å². The second kappa shape index (κ2) is 16.5. The summed E-state index contributed by atoms with van der Waals surface area (Å²) in [4.78, 5) is 2.28. The molecule has 0 aromatic heterocycles. The van der Waals surface area contributed by atoms with Crippen LogP contribution in [-0.2, 0) is 10.8 Å². The summed E-state index contributed by atoms with van der Waals surface area (Å²) in [6, 6.07) is 49.1. The molecule has 0 atom stereocenters. The first-order valence-electron chi connectivity index (χ1n) is 21.2.